The second kappa shape index (κ2) is 11.5. The van der Waals surface area contributed by atoms with E-state index >= 15 is 0 Å². The molecule has 0 aliphatic carbocycles. The summed E-state index contributed by atoms with van der Waals surface area (Å²) >= 11 is 0. The molecular formula is C7H12O4. The van der Waals surface area contributed by atoms with E-state index in [0.717, 1.165) is 12.7 Å². The van der Waals surface area contributed by atoms with Gasteiger partial charge in [0.1, 0.15) is 0 Å². The molecule has 64 valence electrons. The maximum atomic E-state index is 10.3. The molecule has 0 unspecified atom stereocenters. The van der Waals surface area contributed by atoms with Crippen LogP contribution in [0.2, 0.25) is 0 Å². The minimum absolute atomic E-state index is 0.206. The van der Waals surface area contributed by atoms with Gasteiger partial charge in [0.2, 0.25) is 0 Å². The topological polar surface area (TPSA) is 63.6 Å². The molecule has 0 aliphatic rings. The second-order valence-electron chi connectivity index (χ2n) is 1.51. The van der Waals surface area contributed by atoms with E-state index in [1.54, 1.807) is 0 Å². The summed E-state index contributed by atoms with van der Waals surface area (Å²) in [6.45, 7) is 4.91. The van der Waals surface area contributed by atoms with Crippen molar-refractivity contribution in [3.8, 4) is 0 Å². The molecule has 4 nitrogen and oxygen atoms in total. The molecule has 0 atom stereocenters. The van der Waals surface area contributed by atoms with Crippen molar-refractivity contribution in [1.29, 1.82) is 0 Å². The van der Waals surface area contributed by atoms with E-state index in [1.165, 1.54) is 0 Å². The number of carbonyl (C=O) groups excluding carboxylic acids is 1. The lowest BCUT2D eigenvalue weighted by Gasteiger charge is -1.92. The Morgan fingerprint density at radius 2 is 2.18 bits per heavy atom. The Bertz CT molecular complexity index is 120. The van der Waals surface area contributed by atoms with Crippen LogP contribution >= 0.6 is 0 Å². The lowest BCUT2D eigenvalue weighted by atomic mass is 10.3. The maximum absolute atomic E-state index is 10.3. The van der Waals surface area contributed by atoms with Crippen molar-refractivity contribution >= 4 is 12.4 Å². The largest absolute Gasteiger partial charge is 0.483 e. The van der Waals surface area contributed by atoms with E-state index < -0.39 is 0 Å². The zero-order valence-corrected chi connectivity index (χ0v) is 6.45. The predicted molar refractivity (Wildman–Crippen MR) is 39.9 cm³/mol. The van der Waals surface area contributed by atoms with Crippen molar-refractivity contribution in [2.45, 2.75) is 19.8 Å². The minimum atomic E-state index is -0.250. The molecular weight excluding hydrogens is 148 g/mol. The number of esters is 1. The summed E-state index contributed by atoms with van der Waals surface area (Å²) in [6.07, 6.45) is 2.46. The van der Waals surface area contributed by atoms with Gasteiger partial charge < -0.3 is 9.84 Å². The fourth-order valence-corrected chi connectivity index (χ4v) is 0.356. The summed E-state index contributed by atoms with van der Waals surface area (Å²) in [5.41, 5.74) is 0. The van der Waals surface area contributed by atoms with Crippen molar-refractivity contribution in [1.82, 2.24) is 0 Å². The van der Waals surface area contributed by atoms with E-state index in [2.05, 4.69) is 11.3 Å². The summed E-state index contributed by atoms with van der Waals surface area (Å²) in [5.74, 6) is -0.206. The average Bonchev–Trinajstić information content (AvgIpc) is 1.90. The Morgan fingerprint density at radius 3 is 2.45 bits per heavy atom. The van der Waals surface area contributed by atoms with E-state index in [4.69, 9.17) is 9.90 Å². The zero-order valence-electron chi connectivity index (χ0n) is 6.45. The van der Waals surface area contributed by atoms with Gasteiger partial charge in [-0.2, -0.15) is 0 Å². The first-order valence-corrected chi connectivity index (χ1v) is 3.11. The van der Waals surface area contributed by atoms with Gasteiger partial charge in [0.15, 0.2) is 0 Å². The van der Waals surface area contributed by atoms with E-state index in [1.807, 2.05) is 6.92 Å². The number of rotatable bonds is 3. The van der Waals surface area contributed by atoms with Crippen LogP contribution in [0.1, 0.15) is 19.8 Å². The monoisotopic (exact) mass is 160 g/mol. The third-order valence-electron chi connectivity index (χ3n) is 0.669. The number of carboxylic acid groups (broad SMARTS) is 1. The number of ether oxygens (including phenoxy) is 1. The van der Waals surface area contributed by atoms with Crippen LogP contribution in [-0.2, 0) is 14.3 Å². The van der Waals surface area contributed by atoms with Gasteiger partial charge in [0.05, 0.1) is 6.26 Å². The quantitative estimate of drug-likeness (QED) is 0.382. The first kappa shape index (κ1) is 12.4. The van der Waals surface area contributed by atoms with Crippen LogP contribution in [0.15, 0.2) is 12.8 Å². The summed E-state index contributed by atoms with van der Waals surface area (Å²) in [5, 5.41) is 6.89. The average molecular weight is 160 g/mol. The first-order valence-electron chi connectivity index (χ1n) is 3.11. The highest BCUT2D eigenvalue weighted by Gasteiger charge is 1.94. The van der Waals surface area contributed by atoms with Crippen molar-refractivity contribution < 1.29 is 19.4 Å². The Balaban J connectivity index is 0. The highest BCUT2D eigenvalue weighted by molar-refractivity contribution is 5.69. The molecule has 0 heterocycles. The van der Waals surface area contributed by atoms with Gasteiger partial charge in [-0.25, -0.2) is 0 Å². The van der Waals surface area contributed by atoms with Crippen molar-refractivity contribution in [2.24, 2.45) is 0 Å². The molecule has 0 fully saturated rings. The van der Waals surface area contributed by atoms with Crippen molar-refractivity contribution in [3.05, 3.63) is 12.8 Å². The van der Waals surface area contributed by atoms with E-state index in [9.17, 15) is 4.79 Å². The lowest BCUT2D eigenvalue weighted by molar-refractivity contribution is -0.138. The standard InChI is InChI=1S/C6H10O2.CH2O2/c1-3-5-6(7)8-4-2;2-1-3/h4H,2-3,5H2,1H3;1H,(H,2,3). The molecule has 0 rings (SSSR count). The van der Waals surface area contributed by atoms with Crippen LogP contribution in [0, 0.1) is 0 Å². The first-order chi connectivity index (χ1) is 5.22. The van der Waals surface area contributed by atoms with Gasteiger partial charge in [-0.3, -0.25) is 9.59 Å². The van der Waals surface area contributed by atoms with Gasteiger partial charge in [-0.05, 0) is 6.42 Å². The van der Waals surface area contributed by atoms with E-state index in [0.29, 0.717) is 6.42 Å². The summed E-state index contributed by atoms with van der Waals surface area (Å²) in [7, 11) is 0. The lowest BCUT2D eigenvalue weighted by Crippen LogP contribution is -1.96. The van der Waals surface area contributed by atoms with Gasteiger partial charge in [-0.15, -0.1) is 0 Å². The van der Waals surface area contributed by atoms with Crippen molar-refractivity contribution in [2.75, 3.05) is 0 Å². The van der Waals surface area contributed by atoms with Crippen LogP contribution in [0.5, 0.6) is 0 Å². The maximum Gasteiger partial charge on any atom is 0.310 e. The summed E-state index contributed by atoms with van der Waals surface area (Å²) < 4.78 is 4.41. The van der Waals surface area contributed by atoms with Crippen LogP contribution in [0.25, 0.3) is 0 Å². The molecule has 0 aromatic heterocycles. The normalized spacial score (nSPS) is 7.00. The van der Waals surface area contributed by atoms with Crippen LogP contribution in [0.3, 0.4) is 0 Å². The Morgan fingerprint density at radius 1 is 1.73 bits per heavy atom. The van der Waals surface area contributed by atoms with Crippen LogP contribution in [-0.4, -0.2) is 17.5 Å². The minimum Gasteiger partial charge on any atom is -0.483 e. The van der Waals surface area contributed by atoms with Gasteiger partial charge in [0.25, 0.3) is 6.47 Å². The molecule has 4 heteroatoms. The summed E-state index contributed by atoms with van der Waals surface area (Å²) in [6, 6.07) is 0. The molecule has 0 aliphatic heterocycles. The van der Waals surface area contributed by atoms with Gasteiger partial charge in [-0.1, -0.05) is 13.5 Å². The molecule has 0 spiro atoms. The Hall–Kier alpha value is -1.32. The molecule has 11 heavy (non-hydrogen) atoms. The van der Waals surface area contributed by atoms with Gasteiger partial charge in [0, 0.05) is 6.42 Å². The Kier molecular flexibility index (Phi) is 12.9. The Labute approximate surface area is 65.5 Å². The number of carbonyl (C=O) groups is 2. The summed E-state index contributed by atoms with van der Waals surface area (Å²) in [4.78, 5) is 18.7. The molecule has 0 radical (unpaired) electrons. The fraction of sp³-hybridized carbons (Fsp3) is 0.429. The smallest absolute Gasteiger partial charge is 0.310 e. The fourth-order valence-electron chi connectivity index (χ4n) is 0.356. The van der Waals surface area contributed by atoms with Crippen molar-refractivity contribution in [3.63, 3.8) is 0 Å². The van der Waals surface area contributed by atoms with Crippen LogP contribution in [0.4, 0.5) is 0 Å². The van der Waals surface area contributed by atoms with E-state index in [-0.39, 0.29) is 12.4 Å². The third-order valence-corrected chi connectivity index (χ3v) is 0.669. The zero-order chi connectivity index (χ0) is 9.11. The highest BCUT2D eigenvalue weighted by Crippen LogP contribution is 1.89. The molecule has 0 aromatic rings. The molecule has 0 saturated heterocycles. The molecule has 1 N–H and O–H groups in total. The SMILES string of the molecule is C=COC(=O)CCC.O=CO. The number of hydrogen-bond donors (Lipinski definition) is 1. The van der Waals surface area contributed by atoms with Crippen LogP contribution < -0.4 is 0 Å². The predicted octanol–water partition coefficient (Wildman–Crippen LogP) is 1.17. The number of hydrogen-bond acceptors (Lipinski definition) is 3. The highest BCUT2D eigenvalue weighted by atomic mass is 16.5. The molecule has 0 saturated carbocycles. The second-order valence-corrected chi connectivity index (χ2v) is 1.51. The molecule has 0 amide bonds. The van der Waals surface area contributed by atoms with Gasteiger partial charge >= 0.3 is 5.97 Å². The third kappa shape index (κ3) is 17.7. The molecule has 0 aromatic carbocycles. The molecule has 0 bridgehead atoms.